The van der Waals surface area contributed by atoms with Gasteiger partial charge in [0.1, 0.15) is 0 Å². The lowest BCUT2D eigenvalue weighted by atomic mass is 9.67. The molecule has 0 spiro atoms. The smallest absolute Gasteiger partial charge is 0.0802 e. The van der Waals surface area contributed by atoms with Gasteiger partial charge < -0.3 is 10.8 Å². The molecule has 3 unspecified atom stereocenters. The maximum absolute atomic E-state index is 10.4. The quantitative estimate of drug-likeness (QED) is 0.688. The Hall–Kier alpha value is -0.0800. The summed E-state index contributed by atoms with van der Waals surface area (Å²) in [6.45, 7) is 6.99. The van der Waals surface area contributed by atoms with E-state index in [1.807, 2.05) is 0 Å². The van der Waals surface area contributed by atoms with E-state index >= 15 is 0 Å². The van der Waals surface area contributed by atoms with Crippen LogP contribution in [-0.2, 0) is 0 Å². The van der Waals surface area contributed by atoms with Crippen LogP contribution in [-0.4, -0.2) is 17.3 Å². The number of nitrogens with two attached hydrogens (primary N) is 1. The van der Waals surface area contributed by atoms with Crippen LogP contribution in [0.25, 0.3) is 0 Å². The highest BCUT2D eigenvalue weighted by Crippen LogP contribution is 2.40. The van der Waals surface area contributed by atoms with E-state index in [1.165, 1.54) is 6.42 Å². The van der Waals surface area contributed by atoms with Crippen LogP contribution in [0.3, 0.4) is 0 Å². The molecule has 0 radical (unpaired) electrons. The third kappa shape index (κ3) is 2.23. The van der Waals surface area contributed by atoms with Crippen molar-refractivity contribution in [2.45, 2.75) is 45.6 Å². The van der Waals surface area contributed by atoms with Crippen molar-refractivity contribution in [1.29, 1.82) is 0 Å². The van der Waals surface area contributed by atoms with Crippen molar-refractivity contribution in [3.63, 3.8) is 0 Å². The van der Waals surface area contributed by atoms with Crippen LogP contribution in [0.15, 0.2) is 0 Å². The van der Waals surface area contributed by atoms with Crippen LogP contribution >= 0.6 is 0 Å². The minimum absolute atomic E-state index is 0.397. The number of hydrogen-bond donors (Lipinski definition) is 2. The molecule has 13 heavy (non-hydrogen) atoms. The first kappa shape index (κ1) is 11.0. The van der Waals surface area contributed by atoms with Crippen molar-refractivity contribution >= 4 is 0 Å². The Morgan fingerprint density at radius 2 is 2.08 bits per heavy atom. The van der Waals surface area contributed by atoms with E-state index in [9.17, 15) is 5.11 Å². The molecular formula is C11H23NO. The molecule has 0 aromatic carbocycles. The summed E-state index contributed by atoms with van der Waals surface area (Å²) in [5, 5.41) is 10.4. The Morgan fingerprint density at radius 1 is 1.46 bits per heavy atom. The van der Waals surface area contributed by atoms with E-state index in [-0.39, 0.29) is 0 Å². The molecule has 0 aromatic heterocycles. The van der Waals surface area contributed by atoms with Gasteiger partial charge in [-0.2, -0.15) is 0 Å². The standard InChI is InChI=1S/C11H23NO/c1-8(2)10-5-4-9(3)6-11(10,13)7-12/h8-10,13H,4-7,12H2,1-3H3. The van der Waals surface area contributed by atoms with Gasteiger partial charge >= 0.3 is 0 Å². The van der Waals surface area contributed by atoms with Crippen LogP contribution in [0.4, 0.5) is 0 Å². The summed E-state index contributed by atoms with van der Waals surface area (Å²) in [4.78, 5) is 0. The minimum atomic E-state index is -0.591. The van der Waals surface area contributed by atoms with E-state index in [4.69, 9.17) is 5.73 Å². The highest BCUT2D eigenvalue weighted by atomic mass is 16.3. The molecule has 0 bridgehead atoms. The molecular weight excluding hydrogens is 162 g/mol. The van der Waals surface area contributed by atoms with E-state index in [1.54, 1.807) is 0 Å². The fourth-order valence-corrected chi connectivity index (χ4v) is 2.78. The predicted molar refractivity (Wildman–Crippen MR) is 55.3 cm³/mol. The van der Waals surface area contributed by atoms with Crippen LogP contribution in [0.5, 0.6) is 0 Å². The molecule has 1 rings (SSSR count). The van der Waals surface area contributed by atoms with Crippen LogP contribution in [0.2, 0.25) is 0 Å². The number of hydrogen-bond acceptors (Lipinski definition) is 2. The van der Waals surface area contributed by atoms with Crippen molar-refractivity contribution in [3.8, 4) is 0 Å². The highest BCUT2D eigenvalue weighted by molar-refractivity contribution is 4.94. The van der Waals surface area contributed by atoms with Crippen molar-refractivity contribution < 1.29 is 5.11 Å². The zero-order chi connectivity index (χ0) is 10.1. The average molecular weight is 185 g/mol. The van der Waals surface area contributed by atoms with E-state index in [2.05, 4.69) is 20.8 Å². The van der Waals surface area contributed by atoms with Crippen molar-refractivity contribution in [3.05, 3.63) is 0 Å². The molecule has 1 aliphatic rings. The fraction of sp³-hybridized carbons (Fsp3) is 1.00. The molecule has 2 nitrogen and oxygen atoms in total. The first-order chi connectivity index (χ1) is 5.99. The van der Waals surface area contributed by atoms with Gasteiger partial charge in [-0.15, -0.1) is 0 Å². The summed E-state index contributed by atoms with van der Waals surface area (Å²) in [5.41, 5.74) is 5.09. The van der Waals surface area contributed by atoms with Crippen LogP contribution in [0, 0.1) is 17.8 Å². The van der Waals surface area contributed by atoms with Crippen molar-refractivity contribution in [1.82, 2.24) is 0 Å². The van der Waals surface area contributed by atoms with Gasteiger partial charge in [0, 0.05) is 6.54 Å². The molecule has 2 heteroatoms. The molecule has 0 aromatic rings. The molecule has 0 aliphatic heterocycles. The molecule has 1 fully saturated rings. The zero-order valence-corrected chi connectivity index (χ0v) is 9.09. The largest absolute Gasteiger partial charge is 0.388 e. The van der Waals surface area contributed by atoms with Gasteiger partial charge in [0.25, 0.3) is 0 Å². The van der Waals surface area contributed by atoms with Crippen molar-refractivity contribution in [2.75, 3.05) is 6.54 Å². The Kier molecular flexibility index (Phi) is 3.36. The second-order valence-electron chi connectivity index (χ2n) is 5.04. The molecule has 3 N–H and O–H groups in total. The first-order valence-corrected chi connectivity index (χ1v) is 5.42. The number of aliphatic hydroxyl groups is 1. The molecule has 78 valence electrons. The summed E-state index contributed by atoms with van der Waals surface area (Å²) in [6.07, 6.45) is 3.25. The third-order valence-corrected chi connectivity index (χ3v) is 3.52. The van der Waals surface area contributed by atoms with Gasteiger partial charge in [0.2, 0.25) is 0 Å². The van der Waals surface area contributed by atoms with Gasteiger partial charge in [-0.25, -0.2) is 0 Å². The molecule has 0 amide bonds. The van der Waals surface area contributed by atoms with Gasteiger partial charge in [-0.3, -0.25) is 0 Å². The number of rotatable bonds is 2. The summed E-state index contributed by atoms with van der Waals surface area (Å²) in [7, 11) is 0. The highest BCUT2D eigenvalue weighted by Gasteiger charge is 2.41. The second kappa shape index (κ2) is 3.97. The molecule has 0 heterocycles. The molecule has 0 saturated heterocycles. The zero-order valence-electron chi connectivity index (χ0n) is 9.09. The Balaban J connectivity index is 2.72. The molecule has 3 atom stereocenters. The third-order valence-electron chi connectivity index (χ3n) is 3.52. The summed E-state index contributed by atoms with van der Waals surface area (Å²) < 4.78 is 0. The van der Waals surface area contributed by atoms with Gasteiger partial charge in [0.05, 0.1) is 5.60 Å². The monoisotopic (exact) mass is 185 g/mol. The topological polar surface area (TPSA) is 46.2 Å². The van der Waals surface area contributed by atoms with Gasteiger partial charge in [-0.1, -0.05) is 27.2 Å². The summed E-state index contributed by atoms with van der Waals surface area (Å²) in [5.74, 6) is 1.57. The van der Waals surface area contributed by atoms with Crippen molar-refractivity contribution in [2.24, 2.45) is 23.5 Å². The fourth-order valence-electron chi connectivity index (χ4n) is 2.78. The lowest BCUT2D eigenvalue weighted by Crippen LogP contribution is -2.50. The average Bonchev–Trinajstić information content (AvgIpc) is 2.03. The maximum Gasteiger partial charge on any atom is 0.0802 e. The lowest BCUT2D eigenvalue weighted by Gasteiger charge is -2.44. The van der Waals surface area contributed by atoms with Crippen LogP contribution < -0.4 is 5.73 Å². The SMILES string of the molecule is CC1CCC(C(C)C)C(O)(CN)C1. The Bertz CT molecular complexity index is 169. The lowest BCUT2D eigenvalue weighted by molar-refractivity contribution is -0.0724. The van der Waals surface area contributed by atoms with Gasteiger partial charge in [-0.05, 0) is 30.6 Å². The van der Waals surface area contributed by atoms with E-state index in [0.29, 0.717) is 24.3 Å². The van der Waals surface area contributed by atoms with E-state index < -0.39 is 5.60 Å². The Labute approximate surface area is 81.5 Å². The maximum atomic E-state index is 10.4. The minimum Gasteiger partial charge on any atom is -0.388 e. The summed E-state index contributed by atoms with van der Waals surface area (Å²) >= 11 is 0. The normalized spacial score (nSPS) is 41.1. The second-order valence-corrected chi connectivity index (χ2v) is 5.04. The Morgan fingerprint density at radius 3 is 2.54 bits per heavy atom. The first-order valence-electron chi connectivity index (χ1n) is 5.42. The molecule has 1 aliphatic carbocycles. The molecule has 1 saturated carbocycles. The predicted octanol–water partition coefficient (Wildman–Crippen LogP) is 1.77. The summed E-state index contributed by atoms with van der Waals surface area (Å²) in [6, 6.07) is 0. The van der Waals surface area contributed by atoms with Gasteiger partial charge in [0.15, 0.2) is 0 Å². The van der Waals surface area contributed by atoms with Crippen LogP contribution in [0.1, 0.15) is 40.0 Å². The van der Waals surface area contributed by atoms with E-state index in [0.717, 1.165) is 12.8 Å².